The van der Waals surface area contributed by atoms with Crippen molar-refractivity contribution < 1.29 is 13.2 Å². The number of nitrogens with two attached hydrogens (primary N) is 1. The summed E-state index contributed by atoms with van der Waals surface area (Å²) in [6, 6.07) is -0.0999. The predicted molar refractivity (Wildman–Crippen MR) is 118 cm³/mol. The monoisotopic (exact) mass is 516 g/mol. The van der Waals surface area contributed by atoms with Gasteiger partial charge in [0.2, 0.25) is 15.9 Å². The van der Waals surface area contributed by atoms with Crippen LogP contribution < -0.4 is 10.5 Å². The molecule has 2 aliphatic rings. The number of rotatable bonds is 6. The number of likely N-dealkylation sites (tertiary alicyclic amines) is 1. The Labute approximate surface area is 179 Å². The van der Waals surface area contributed by atoms with Crippen LogP contribution in [0.4, 0.5) is 0 Å². The van der Waals surface area contributed by atoms with Crippen LogP contribution >= 0.6 is 24.0 Å². The van der Waals surface area contributed by atoms with Gasteiger partial charge in [-0.25, -0.2) is 13.6 Å². The molecular formula is C16H33IN6O3S. The topological polar surface area (TPSA) is 111 Å². The molecule has 0 aromatic heterocycles. The zero-order valence-corrected chi connectivity index (χ0v) is 19.4. The Morgan fingerprint density at radius 2 is 1.70 bits per heavy atom. The van der Waals surface area contributed by atoms with Gasteiger partial charge in [0.05, 0.1) is 18.3 Å². The third-order valence-electron chi connectivity index (χ3n) is 4.91. The Bertz CT molecular complexity index is 601. The summed E-state index contributed by atoms with van der Waals surface area (Å²) in [5.74, 6) is 0.766. The van der Waals surface area contributed by atoms with E-state index in [-0.39, 0.29) is 48.2 Å². The number of nitrogens with one attached hydrogen (secondary N) is 1. The first-order chi connectivity index (χ1) is 12.3. The standard InChI is InChI=1S/C16H32N6O3S.HI/c1-3-18-16(19-6-13-26(17,24)25)22-11-9-20(10-12-22)14(2)15(23)21-7-4-5-8-21;/h14H,3-13H2,1-2H3,(H,18,19)(H2,17,24,25);1H. The highest BCUT2D eigenvalue weighted by Gasteiger charge is 2.30. The van der Waals surface area contributed by atoms with Gasteiger partial charge < -0.3 is 15.1 Å². The maximum Gasteiger partial charge on any atom is 0.239 e. The van der Waals surface area contributed by atoms with E-state index in [0.29, 0.717) is 12.5 Å². The summed E-state index contributed by atoms with van der Waals surface area (Å²) in [6.07, 6.45) is 2.21. The van der Waals surface area contributed by atoms with Crippen molar-refractivity contribution >= 4 is 45.9 Å². The number of sulfonamides is 1. The Hall–Kier alpha value is -0.660. The number of guanidine groups is 1. The second-order valence-corrected chi connectivity index (χ2v) is 8.57. The Kier molecular flexibility index (Phi) is 10.3. The Balaban J connectivity index is 0.00000364. The van der Waals surface area contributed by atoms with E-state index in [2.05, 4.69) is 20.1 Å². The van der Waals surface area contributed by atoms with E-state index in [1.165, 1.54) is 0 Å². The van der Waals surface area contributed by atoms with Gasteiger partial charge in [0.25, 0.3) is 0 Å². The molecule has 0 bridgehead atoms. The molecule has 27 heavy (non-hydrogen) atoms. The van der Waals surface area contributed by atoms with Crippen LogP contribution in [0, 0.1) is 0 Å². The number of carbonyl (C=O) groups excluding carboxylic acids is 1. The van der Waals surface area contributed by atoms with Crippen LogP contribution in [0.3, 0.4) is 0 Å². The van der Waals surface area contributed by atoms with Crippen molar-refractivity contribution in [2.24, 2.45) is 10.1 Å². The first kappa shape index (κ1) is 24.4. The molecule has 2 aliphatic heterocycles. The maximum atomic E-state index is 12.6. The molecule has 2 fully saturated rings. The highest BCUT2D eigenvalue weighted by atomic mass is 127. The fraction of sp³-hybridized carbons (Fsp3) is 0.875. The molecule has 0 aromatic rings. The summed E-state index contributed by atoms with van der Waals surface area (Å²) < 4.78 is 22.1. The van der Waals surface area contributed by atoms with Crippen molar-refractivity contribution in [3.63, 3.8) is 0 Å². The van der Waals surface area contributed by atoms with Gasteiger partial charge in [-0.3, -0.25) is 14.7 Å². The predicted octanol–water partition coefficient (Wildman–Crippen LogP) is -0.513. The van der Waals surface area contributed by atoms with Gasteiger partial charge in [0.15, 0.2) is 5.96 Å². The number of piperazine rings is 1. The SMILES string of the molecule is CCNC(=NCCS(N)(=O)=O)N1CCN(C(C)C(=O)N2CCCC2)CC1.I. The lowest BCUT2D eigenvalue weighted by molar-refractivity contribution is -0.135. The molecule has 3 N–H and O–H groups in total. The first-order valence-electron chi connectivity index (χ1n) is 9.38. The second-order valence-electron chi connectivity index (χ2n) is 6.83. The van der Waals surface area contributed by atoms with E-state index in [0.717, 1.165) is 52.1 Å². The summed E-state index contributed by atoms with van der Waals surface area (Å²) in [7, 11) is -3.51. The van der Waals surface area contributed by atoms with Crippen molar-refractivity contribution in [1.29, 1.82) is 0 Å². The summed E-state index contributed by atoms with van der Waals surface area (Å²) in [4.78, 5) is 23.2. The van der Waals surface area contributed by atoms with Crippen LogP contribution in [0.15, 0.2) is 4.99 Å². The van der Waals surface area contributed by atoms with E-state index in [1.54, 1.807) is 0 Å². The van der Waals surface area contributed by atoms with Gasteiger partial charge >= 0.3 is 0 Å². The molecule has 11 heteroatoms. The van der Waals surface area contributed by atoms with Gasteiger partial charge in [0.1, 0.15) is 0 Å². The second kappa shape index (κ2) is 11.4. The van der Waals surface area contributed by atoms with Crippen molar-refractivity contribution in [2.45, 2.75) is 32.7 Å². The lowest BCUT2D eigenvalue weighted by atomic mass is 10.2. The molecule has 0 spiro atoms. The van der Waals surface area contributed by atoms with Crippen LogP contribution in [-0.4, -0.2) is 99.1 Å². The average molecular weight is 516 g/mol. The number of primary sulfonamides is 1. The van der Waals surface area contributed by atoms with E-state index in [1.807, 2.05) is 18.7 Å². The van der Waals surface area contributed by atoms with Crippen LogP contribution in [0.2, 0.25) is 0 Å². The summed E-state index contributed by atoms with van der Waals surface area (Å²) in [6.45, 7) is 9.63. The van der Waals surface area contributed by atoms with Crippen molar-refractivity contribution in [3.05, 3.63) is 0 Å². The molecule has 0 aliphatic carbocycles. The van der Waals surface area contributed by atoms with E-state index >= 15 is 0 Å². The number of carbonyl (C=O) groups is 1. The number of halogens is 1. The molecule has 2 saturated heterocycles. The molecule has 1 amide bonds. The minimum Gasteiger partial charge on any atom is -0.357 e. The molecule has 158 valence electrons. The quantitative estimate of drug-likeness (QED) is 0.280. The van der Waals surface area contributed by atoms with Gasteiger partial charge in [-0.05, 0) is 26.7 Å². The molecule has 0 aromatic carbocycles. The average Bonchev–Trinajstić information content (AvgIpc) is 3.13. The Morgan fingerprint density at radius 1 is 1.11 bits per heavy atom. The van der Waals surface area contributed by atoms with Crippen molar-refractivity contribution in [1.82, 2.24) is 20.0 Å². The molecule has 2 heterocycles. The summed E-state index contributed by atoms with van der Waals surface area (Å²) >= 11 is 0. The number of nitrogens with zero attached hydrogens (tertiary/aromatic N) is 4. The van der Waals surface area contributed by atoms with Crippen molar-refractivity contribution in [2.75, 3.05) is 58.1 Å². The lowest BCUT2D eigenvalue weighted by Crippen LogP contribution is -2.57. The van der Waals surface area contributed by atoms with Crippen LogP contribution in [0.25, 0.3) is 0 Å². The molecule has 1 atom stereocenters. The van der Waals surface area contributed by atoms with Crippen LogP contribution in [-0.2, 0) is 14.8 Å². The first-order valence-corrected chi connectivity index (χ1v) is 11.1. The van der Waals surface area contributed by atoms with Crippen molar-refractivity contribution in [3.8, 4) is 0 Å². The van der Waals surface area contributed by atoms with Gasteiger partial charge in [0, 0.05) is 45.8 Å². The smallest absolute Gasteiger partial charge is 0.239 e. The fourth-order valence-corrected chi connectivity index (χ4v) is 3.73. The minimum absolute atomic E-state index is 0. The van der Waals surface area contributed by atoms with Gasteiger partial charge in [-0.1, -0.05) is 0 Å². The highest BCUT2D eigenvalue weighted by Crippen LogP contribution is 2.14. The third kappa shape index (κ3) is 7.70. The highest BCUT2D eigenvalue weighted by molar-refractivity contribution is 14.0. The number of amides is 1. The molecular weight excluding hydrogens is 483 g/mol. The summed E-state index contributed by atoms with van der Waals surface area (Å²) in [5, 5.41) is 8.23. The molecule has 0 radical (unpaired) electrons. The zero-order valence-electron chi connectivity index (χ0n) is 16.3. The molecule has 2 rings (SSSR count). The van der Waals surface area contributed by atoms with Gasteiger partial charge in [-0.15, -0.1) is 24.0 Å². The van der Waals surface area contributed by atoms with E-state index in [9.17, 15) is 13.2 Å². The zero-order chi connectivity index (χ0) is 19.2. The third-order valence-corrected chi connectivity index (χ3v) is 5.66. The largest absolute Gasteiger partial charge is 0.357 e. The summed E-state index contributed by atoms with van der Waals surface area (Å²) in [5.41, 5.74) is 0. The van der Waals surface area contributed by atoms with Crippen LogP contribution in [0.1, 0.15) is 26.7 Å². The fourth-order valence-electron chi connectivity index (χ4n) is 3.38. The normalized spacial score (nSPS) is 20.3. The number of aliphatic imine (C=N–C) groups is 1. The van der Waals surface area contributed by atoms with E-state index < -0.39 is 10.0 Å². The van der Waals surface area contributed by atoms with Crippen LogP contribution in [0.5, 0.6) is 0 Å². The molecule has 9 nitrogen and oxygen atoms in total. The minimum atomic E-state index is -3.51. The van der Waals surface area contributed by atoms with E-state index in [4.69, 9.17) is 5.14 Å². The molecule has 0 saturated carbocycles. The number of hydrogen-bond acceptors (Lipinski definition) is 5. The molecule has 1 unspecified atom stereocenters. The lowest BCUT2D eigenvalue weighted by Gasteiger charge is -2.39. The Morgan fingerprint density at radius 3 is 2.22 bits per heavy atom. The van der Waals surface area contributed by atoms with Gasteiger partial charge in [-0.2, -0.15) is 0 Å². The number of hydrogen-bond donors (Lipinski definition) is 2. The maximum absolute atomic E-state index is 12.6.